The van der Waals surface area contributed by atoms with E-state index in [1.165, 1.54) is 0 Å². The molecule has 1 aromatic carbocycles. The van der Waals surface area contributed by atoms with Crippen LogP contribution in [-0.4, -0.2) is 21.6 Å². The molecule has 18 heavy (non-hydrogen) atoms. The highest BCUT2D eigenvalue weighted by molar-refractivity contribution is 5.94. The maximum absolute atomic E-state index is 13.4. The lowest BCUT2D eigenvalue weighted by Gasteiger charge is -2.19. The van der Waals surface area contributed by atoms with Gasteiger partial charge in [0.2, 0.25) is 5.75 Å². The average Bonchev–Trinajstić information content (AvgIpc) is 2.13. The van der Waals surface area contributed by atoms with Crippen LogP contribution in [0, 0.1) is 15.9 Å². The number of hydrogen-bond donors (Lipinski definition) is 1. The van der Waals surface area contributed by atoms with Crippen molar-refractivity contribution in [2.45, 2.75) is 26.4 Å². The van der Waals surface area contributed by atoms with Gasteiger partial charge in [0, 0.05) is 6.07 Å². The molecule has 0 spiro atoms. The molecule has 0 aliphatic heterocycles. The molecule has 0 radical (unpaired) electrons. The second kappa shape index (κ2) is 4.59. The van der Waals surface area contributed by atoms with Gasteiger partial charge in [-0.3, -0.25) is 10.1 Å². The van der Waals surface area contributed by atoms with E-state index < -0.39 is 39.3 Å². The topological polar surface area (TPSA) is 89.7 Å². The minimum Gasteiger partial charge on any atom is -0.501 e. The Hall–Kier alpha value is -2.18. The fourth-order valence-corrected chi connectivity index (χ4v) is 1.23. The lowest BCUT2D eigenvalue weighted by atomic mass is 10.1. The minimum atomic E-state index is -1.15. The molecule has 7 heteroatoms. The van der Waals surface area contributed by atoms with E-state index in [1.807, 2.05) is 0 Å². The number of nitro benzene ring substituents is 1. The van der Waals surface area contributed by atoms with Crippen molar-refractivity contribution in [3.8, 4) is 5.75 Å². The van der Waals surface area contributed by atoms with E-state index >= 15 is 0 Å². The molecule has 0 aliphatic rings. The molecule has 0 aliphatic carbocycles. The quantitative estimate of drug-likeness (QED) is 0.499. The molecule has 1 rings (SSSR count). The van der Waals surface area contributed by atoms with Crippen molar-refractivity contribution in [2.75, 3.05) is 0 Å². The summed E-state index contributed by atoms with van der Waals surface area (Å²) in [4.78, 5) is 21.3. The molecule has 1 aromatic rings. The highest BCUT2D eigenvalue weighted by Crippen LogP contribution is 2.32. The zero-order valence-electron chi connectivity index (χ0n) is 10.1. The van der Waals surface area contributed by atoms with E-state index in [-0.39, 0.29) is 0 Å². The van der Waals surface area contributed by atoms with Crippen LogP contribution in [-0.2, 0) is 4.74 Å². The fourth-order valence-electron chi connectivity index (χ4n) is 1.23. The van der Waals surface area contributed by atoms with E-state index in [0.717, 1.165) is 12.1 Å². The summed E-state index contributed by atoms with van der Waals surface area (Å²) < 4.78 is 18.3. The number of ether oxygens (including phenoxy) is 1. The number of phenols is 1. The van der Waals surface area contributed by atoms with E-state index in [2.05, 4.69) is 0 Å². The van der Waals surface area contributed by atoms with Gasteiger partial charge in [0.05, 0.1) is 4.92 Å². The van der Waals surface area contributed by atoms with Crippen LogP contribution in [0.5, 0.6) is 5.75 Å². The number of benzene rings is 1. The molecule has 98 valence electrons. The van der Waals surface area contributed by atoms with Crippen LogP contribution in [0.15, 0.2) is 12.1 Å². The summed E-state index contributed by atoms with van der Waals surface area (Å²) in [7, 11) is 0. The minimum absolute atomic E-state index is 0.733. The lowest BCUT2D eigenvalue weighted by molar-refractivity contribution is -0.386. The Kier molecular flexibility index (Phi) is 3.54. The first-order valence-corrected chi connectivity index (χ1v) is 5.02. The van der Waals surface area contributed by atoms with Gasteiger partial charge in [0.1, 0.15) is 17.0 Å². The Morgan fingerprint density at radius 3 is 2.44 bits per heavy atom. The third-order valence-corrected chi connectivity index (χ3v) is 1.91. The summed E-state index contributed by atoms with van der Waals surface area (Å²) in [6.45, 7) is 4.66. The third kappa shape index (κ3) is 2.93. The molecule has 0 unspecified atom stereocenters. The Labute approximate surface area is 102 Å². The molecule has 0 saturated heterocycles. The molecule has 0 bridgehead atoms. The van der Waals surface area contributed by atoms with E-state index in [1.54, 1.807) is 20.8 Å². The van der Waals surface area contributed by atoms with Crippen LogP contribution in [0.1, 0.15) is 31.1 Å². The van der Waals surface area contributed by atoms with Gasteiger partial charge >= 0.3 is 11.7 Å². The molecule has 0 amide bonds. The summed E-state index contributed by atoms with van der Waals surface area (Å²) in [5.41, 5.74) is -2.49. The van der Waals surface area contributed by atoms with Crippen LogP contribution in [0.4, 0.5) is 10.1 Å². The first kappa shape index (κ1) is 13.9. The second-order valence-corrected chi connectivity index (χ2v) is 4.55. The highest BCUT2D eigenvalue weighted by atomic mass is 19.1. The zero-order valence-corrected chi connectivity index (χ0v) is 10.1. The molecular formula is C11H12FNO5. The third-order valence-electron chi connectivity index (χ3n) is 1.91. The summed E-state index contributed by atoms with van der Waals surface area (Å²) in [5, 5.41) is 20.1. The van der Waals surface area contributed by atoms with Crippen LogP contribution >= 0.6 is 0 Å². The predicted molar refractivity (Wildman–Crippen MR) is 59.9 cm³/mol. The van der Waals surface area contributed by atoms with Crippen LogP contribution in [0.2, 0.25) is 0 Å². The Morgan fingerprint density at radius 1 is 1.44 bits per heavy atom. The molecule has 0 saturated carbocycles. The first-order chi connectivity index (χ1) is 8.13. The largest absolute Gasteiger partial charge is 0.501 e. The number of nitrogens with zero attached hydrogens (tertiary/aromatic N) is 1. The number of phenolic OH excluding ortho intramolecular Hbond substituents is 1. The molecule has 0 fully saturated rings. The van der Waals surface area contributed by atoms with Gasteiger partial charge in [-0.05, 0) is 26.8 Å². The van der Waals surface area contributed by atoms with E-state index in [4.69, 9.17) is 4.74 Å². The maximum Gasteiger partial charge on any atom is 0.345 e. The van der Waals surface area contributed by atoms with Crippen LogP contribution in [0.3, 0.4) is 0 Å². The SMILES string of the molecule is CC(C)(C)OC(=O)c1c(F)ccc([N+](=O)[O-])c1O. The Balaban J connectivity index is 3.28. The number of nitro groups is 1. The van der Waals surface area contributed by atoms with Crippen molar-refractivity contribution in [1.82, 2.24) is 0 Å². The Bertz CT molecular complexity index is 507. The van der Waals surface area contributed by atoms with Crippen molar-refractivity contribution in [3.63, 3.8) is 0 Å². The molecule has 1 N–H and O–H groups in total. The highest BCUT2D eigenvalue weighted by Gasteiger charge is 2.29. The van der Waals surface area contributed by atoms with Crippen LogP contribution < -0.4 is 0 Å². The molecule has 0 aromatic heterocycles. The lowest BCUT2D eigenvalue weighted by Crippen LogP contribution is -2.24. The molecule has 0 heterocycles. The van der Waals surface area contributed by atoms with Crippen molar-refractivity contribution < 1.29 is 24.0 Å². The Morgan fingerprint density at radius 2 is 2.00 bits per heavy atom. The van der Waals surface area contributed by atoms with Crippen molar-refractivity contribution in [2.24, 2.45) is 0 Å². The standard InChI is InChI=1S/C11H12FNO5/c1-11(2,3)18-10(15)8-6(12)4-5-7(9(8)14)13(16)17/h4-5,14H,1-3H3. The van der Waals surface area contributed by atoms with Gasteiger partial charge in [-0.25, -0.2) is 9.18 Å². The molecular weight excluding hydrogens is 245 g/mol. The van der Waals surface area contributed by atoms with Crippen molar-refractivity contribution in [1.29, 1.82) is 0 Å². The smallest absolute Gasteiger partial charge is 0.345 e. The number of carbonyl (C=O) groups is 1. The van der Waals surface area contributed by atoms with Gasteiger partial charge in [-0.1, -0.05) is 0 Å². The number of carbonyl (C=O) groups excluding carboxylic acids is 1. The second-order valence-electron chi connectivity index (χ2n) is 4.55. The summed E-state index contributed by atoms with van der Waals surface area (Å²) in [6, 6.07) is 1.51. The van der Waals surface area contributed by atoms with Gasteiger partial charge in [0.25, 0.3) is 0 Å². The number of rotatable bonds is 2. The molecule has 0 atom stereocenters. The monoisotopic (exact) mass is 257 g/mol. The summed E-state index contributed by atoms with van der Waals surface area (Å²) >= 11 is 0. The first-order valence-electron chi connectivity index (χ1n) is 5.02. The van der Waals surface area contributed by atoms with E-state index in [0.29, 0.717) is 0 Å². The van der Waals surface area contributed by atoms with Crippen LogP contribution in [0.25, 0.3) is 0 Å². The van der Waals surface area contributed by atoms with Crippen molar-refractivity contribution >= 4 is 11.7 Å². The molecule has 6 nitrogen and oxygen atoms in total. The van der Waals surface area contributed by atoms with Gasteiger partial charge in [0.15, 0.2) is 0 Å². The zero-order chi connectivity index (χ0) is 14.1. The van der Waals surface area contributed by atoms with Gasteiger partial charge < -0.3 is 9.84 Å². The summed E-state index contributed by atoms with van der Waals surface area (Å²) in [5.74, 6) is -3.26. The fraction of sp³-hybridized carbons (Fsp3) is 0.364. The van der Waals surface area contributed by atoms with Gasteiger partial charge in [-0.2, -0.15) is 0 Å². The number of esters is 1. The predicted octanol–water partition coefficient (Wildman–Crippen LogP) is 2.39. The normalized spacial score (nSPS) is 11.1. The number of hydrogen-bond acceptors (Lipinski definition) is 5. The van der Waals surface area contributed by atoms with Gasteiger partial charge in [-0.15, -0.1) is 0 Å². The average molecular weight is 257 g/mol. The number of aromatic hydroxyl groups is 1. The maximum atomic E-state index is 13.4. The summed E-state index contributed by atoms with van der Waals surface area (Å²) in [6.07, 6.45) is 0. The van der Waals surface area contributed by atoms with Crippen molar-refractivity contribution in [3.05, 3.63) is 33.6 Å². The number of halogens is 1. The van der Waals surface area contributed by atoms with E-state index in [9.17, 15) is 24.4 Å².